The molecule has 94 heavy (non-hydrogen) atoms. The number of phosphoric acid groups is 2. The molecule has 0 bridgehead atoms. The highest BCUT2D eigenvalue weighted by atomic mass is 31.2. The molecule has 4 amide bonds. The van der Waals surface area contributed by atoms with E-state index in [1.807, 2.05) is 0 Å². The number of carbonyl (C=O) groups excluding carboxylic acids is 6. The summed E-state index contributed by atoms with van der Waals surface area (Å²) >= 11 is 0. The Balaban J connectivity index is 5.35. The van der Waals surface area contributed by atoms with Gasteiger partial charge in [-0.05, 0) is 38.5 Å². The Morgan fingerprint density at radius 2 is 0.670 bits per heavy atom. The van der Waals surface area contributed by atoms with Crippen LogP contribution in [0.3, 0.4) is 0 Å². The van der Waals surface area contributed by atoms with E-state index in [0.29, 0.717) is 38.7 Å². The maximum absolute atomic E-state index is 13.2. The van der Waals surface area contributed by atoms with Gasteiger partial charge in [-0.1, -0.05) is 259 Å². The molecule has 0 aliphatic heterocycles. The van der Waals surface area contributed by atoms with Gasteiger partial charge >= 0.3 is 12.0 Å². The first-order valence-corrected chi connectivity index (χ1v) is 40.6. The summed E-state index contributed by atoms with van der Waals surface area (Å²) in [4.78, 5) is 103. The van der Waals surface area contributed by atoms with Gasteiger partial charge in [0.25, 0.3) is 15.6 Å². The van der Waals surface area contributed by atoms with Crippen molar-refractivity contribution < 1.29 is 80.0 Å². The third-order valence-electron chi connectivity index (χ3n) is 16.5. The molecule has 0 spiro atoms. The number of unbranched alkanes of at least 4 members (excludes halogenated alkanes) is 35. The largest absolute Gasteiger partial charge is 0.756 e. The Kier molecular flexibility index (Phi) is 64.1. The molecule has 4 N–H and O–H groups in total. The quantitative estimate of drug-likeness (QED) is 0.0190. The average molecular weight is 1380 g/mol. The van der Waals surface area contributed by atoms with E-state index in [2.05, 4.69) is 55.9 Å². The molecule has 0 aromatic carbocycles. The van der Waals surface area contributed by atoms with E-state index in [4.69, 9.17) is 32.3 Å². The predicted octanol–water partition coefficient (Wildman–Crippen LogP) is 15.8. The molecule has 21 nitrogen and oxygen atoms in total. The van der Waals surface area contributed by atoms with Gasteiger partial charge in [-0.2, -0.15) is 0 Å². The van der Waals surface area contributed by atoms with E-state index in [1.54, 1.807) is 0 Å². The molecule has 0 saturated heterocycles. The Bertz CT molecular complexity index is 1940. The van der Waals surface area contributed by atoms with Crippen LogP contribution in [-0.4, -0.2) is 120 Å². The molecule has 0 aromatic rings. The molecule has 0 radical (unpaired) electrons. The molecular weight excluding hydrogens is 1240 g/mol. The zero-order valence-corrected chi connectivity index (χ0v) is 61.7. The zero-order valence-electron chi connectivity index (χ0n) is 59.9. The van der Waals surface area contributed by atoms with Crippen molar-refractivity contribution in [2.24, 2.45) is 0 Å². The summed E-state index contributed by atoms with van der Waals surface area (Å²) in [6.45, 7) is 8.48. The van der Waals surface area contributed by atoms with Crippen molar-refractivity contribution in [3.63, 3.8) is 0 Å². The molecule has 554 valence electrons. The molecule has 0 aromatic heterocycles. The summed E-state index contributed by atoms with van der Waals surface area (Å²) in [5.41, 5.74) is 0. The van der Waals surface area contributed by atoms with Gasteiger partial charge in [-0.25, -0.2) is 4.79 Å². The van der Waals surface area contributed by atoms with Crippen molar-refractivity contribution in [2.75, 3.05) is 65.9 Å². The lowest BCUT2D eigenvalue weighted by atomic mass is 10.0. The number of carbonyl (C=O) groups is 6. The molecule has 0 fully saturated rings. The number of Topliss-reactive ketones (excluding diaryl/α,β-unsaturated/α-hetero) is 2. The van der Waals surface area contributed by atoms with Crippen LogP contribution in [0.4, 0.5) is 4.79 Å². The van der Waals surface area contributed by atoms with Crippen LogP contribution in [0.5, 0.6) is 0 Å². The normalized spacial score (nSPS) is 13.8. The zero-order chi connectivity index (χ0) is 69.3. The summed E-state index contributed by atoms with van der Waals surface area (Å²) in [5, 5.41) is 10.2. The Labute approximate surface area is 570 Å². The lowest BCUT2D eigenvalue weighted by Gasteiger charge is -2.26. The fourth-order valence-electron chi connectivity index (χ4n) is 10.8. The van der Waals surface area contributed by atoms with E-state index < -0.39 is 72.0 Å². The van der Waals surface area contributed by atoms with Crippen LogP contribution >= 0.6 is 15.6 Å². The third kappa shape index (κ3) is 63.9. The highest BCUT2D eigenvalue weighted by molar-refractivity contribution is 7.46. The number of amides is 4. The molecule has 0 rings (SSSR count). The van der Waals surface area contributed by atoms with Crippen LogP contribution in [0.1, 0.15) is 336 Å². The Morgan fingerprint density at radius 1 is 0.351 bits per heavy atom. The topological polar surface area (TPSA) is 295 Å². The van der Waals surface area contributed by atoms with Crippen LogP contribution in [0, 0.1) is 0 Å². The van der Waals surface area contributed by atoms with Gasteiger partial charge < -0.3 is 63.4 Å². The van der Waals surface area contributed by atoms with Gasteiger partial charge in [-0.3, -0.25) is 33.1 Å². The number of nitrogens with one attached hydrogen (secondary N) is 4. The van der Waals surface area contributed by atoms with Crippen LogP contribution in [0.15, 0.2) is 0 Å². The minimum atomic E-state index is -5.02. The standard InChI is InChI=1S/C71H138N4O17P2/c1-6-11-16-21-25-29-32-37-41-46-65(76)57-68(78)74-63(59-86-53-45-40-35-28-24-19-14-9-4)61-90-93(82,83)88-55-51-72-71(81)73-52-56-89-94(84,85)91-62-64(75-69(79)58-66(77)47-42-38-33-30-26-22-17-12-7-2)60-87-54-50-67(48-43-36-20-15-10-5)92-70(80)49-44-39-34-31-27-23-18-13-8-3/h63-64,67H,6-62H2,1-5H3,(H,74,78)(H,75,79)(H,82,83)(H,84,85)(H2,72,73,81)/p-2/t63-,64-,67-/m1/s1. The molecule has 0 heterocycles. The maximum Gasteiger partial charge on any atom is 0.314 e. The minimum Gasteiger partial charge on any atom is -0.756 e. The molecule has 2 unspecified atom stereocenters. The molecule has 5 atom stereocenters. The summed E-state index contributed by atoms with van der Waals surface area (Å²) < 4.78 is 63.7. The first-order chi connectivity index (χ1) is 45.5. The van der Waals surface area contributed by atoms with Crippen LogP contribution in [0.2, 0.25) is 0 Å². The van der Waals surface area contributed by atoms with Crippen LogP contribution in [0.25, 0.3) is 0 Å². The van der Waals surface area contributed by atoms with Gasteiger partial charge in [-0.15, -0.1) is 0 Å². The summed E-state index contributed by atoms with van der Waals surface area (Å²) in [5.74, 6) is -1.83. The van der Waals surface area contributed by atoms with Crippen molar-refractivity contribution in [3.8, 4) is 0 Å². The van der Waals surface area contributed by atoms with Gasteiger partial charge in [0, 0.05) is 45.4 Å². The van der Waals surface area contributed by atoms with Crippen LogP contribution < -0.4 is 31.1 Å². The smallest absolute Gasteiger partial charge is 0.314 e. The second-order valence-electron chi connectivity index (χ2n) is 25.8. The minimum absolute atomic E-state index is 0.0497. The highest BCUT2D eigenvalue weighted by Gasteiger charge is 2.23. The lowest BCUT2D eigenvalue weighted by molar-refractivity contribution is -0.227. The monoisotopic (exact) mass is 1380 g/mol. The summed E-state index contributed by atoms with van der Waals surface area (Å²) in [6, 6.07) is -2.69. The molecule has 23 heteroatoms. The van der Waals surface area contributed by atoms with Crippen molar-refractivity contribution >= 4 is 51.0 Å². The fourth-order valence-corrected chi connectivity index (χ4v) is 12.3. The third-order valence-corrected chi connectivity index (χ3v) is 18.4. The van der Waals surface area contributed by atoms with E-state index in [1.165, 1.54) is 128 Å². The van der Waals surface area contributed by atoms with Gasteiger partial charge in [0.15, 0.2) is 0 Å². The van der Waals surface area contributed by atoms with Gasteiger partial charge in [0.1, 0.15) is 17.7 Å². The SMILES string of the molecule is CCCCCCCCCCCC(=O)CC(=O)N[C@H](COCCCCCCCCCC)COP(=O)([O-])OCCNC(=O)NCCOP(=O)([O-])OC[C@@H](COCC[C@@H](CCCCCCC)OC(=O)CCCCCCCCCCC)NC(=O)CC(=O)CCCCCCCCCCC. The van der Waals surface area contributed by atoms with Crippen molar-refractivity contribution in [1.29, 1.82) is 0 Å². The lowest BCUT2D eigenvalue weighted by Crippen LogP contribution is -2.42. The fraction of sp³-hybridized carbons (Fsp3) is 0.915. The maximum atomic E-state index is 13.2. The van der Waals surface area contributed by atoms with E-state index in [-0.39, 0.29) is 82.2 Å². The number of esters is 1. The molecule has 0 aliphatic carbocycles. The van der Waals surface area contributed by atoms with Gasteiger partial charge in [0.05, 0.1) is 71.2 Å². The Morgan fingerprint density at radius 3 is 1.04 bits per heavy atom. The summed E-state index contributed by atoms with van der Waals surface area (Å²) in [6.07, 6.45) is 44.9. The second-order valence-corrected chi connectivity index (χ2v) is 28.6. The predicted molar refractivity (Wildman–Crippen MR) is 371 cm³/mol. The number of hydrogen-bond acceptors (Lipinski definition) is 17. The molecular formula is C71H136N4O17P2-2. The second kappa shape index (κ2) is 66.1. The number of rotatable bonds is 73. The number of ketones is 2. The summed E-state index contributed by atoms with van der Waals surface area (Å²) in [7, 11) is -9.97. The van der Waals surface area contributed by atoms with Gasteiger partial charge in [0.2, 0.25) is 11.8 Å². The van der Waals surface area contributed by atoms with Crippen LogP contribution in [-0.2, 0) is 65.4 Å². The number of urea groups is 1. The first-order valence-electron chi connectivity index (χ1n) is 37.7. The molecule has 0 saturated carbocycles. The first kappa shape index (κ1) is 91.2. The van der Waals surface area contributed by atoms with Crippen molar-refractivity contribution in [2.45, 2.75) is 355 Å². The van der Waals surface area contributed by atoms with E-state index in [0.717, 1.165) is 116 Å². The van der Waals surface area contributed by atoms with Crippen molar-refractivity contribution in [3.05, 3.63) is 0 Å². The highest BCUT2D eigenvalue weighted by Crippen LogP contribution is 2.39. The average Bonchev–Trinajstić information content (AvgIpc) is 2.55. The molecule has 0 aliphatic rings. The van der Waals surface area contributed by atoms with E-state index >= 15 is 0 Å². The Hall–Kier alpha value is -2.84. The number of ether oxygens (including phenoxy) is 3. The van der Waals surface area contributed by atoms with Crippen molar-refractivity contribution in [1.82, 2.24) is 21.3 Å². The van der Waals surface area contributed by atoms with E-state index in [9.17, 15) is 47.7 Å². The number of phosphoric ester groups is 2. The number of hydrogen-bond donors (Lipinski definition) is 4.